The van der Waals surface area contributed by atoms with Crippen molar-refractivity contribution in [3.63, 3.8) is 0 Å². The maximum atomic E-state index is 12.1. The lowest BCUT2D eigenvalue weighted by atomic mass is 10.1. The SMILES string of the molecule is CNC(=O)c1ccc(CN(C)CC(=O)Nc2ccc(C#N)c(Cl)c2)cc1. The van der Waals surface area contributed by atoms with Crippen molar-refractivity contribution in [2.24, 2.45) is 0 Å². The Morgan fingerprint density at radius 3 is 2.46 bits per heavy atom. The van der Waals surface area contributed by atoms with E-state index in [0.717, 1.165) is 5.56 Å². The number of halogens is 1. The van der Waals surface area contributed by atoms with Gasteiger partial charge < -0.3 is 10.6 Å². The molecule has 0 saturated carbocycles. The van der Waals surface area contributed by atoms with Crippen molar-refractivity contribution in [3.8, 4) is 6.07 Å². The predicted molar refractivity (Wildman–Crippen MR) is 101 cm³/mol. The second kappa shape index (κ2) is 8.99. The van der Waals surface area contributed by atoms with Gasteiger partial charge in [-0.15, -0.1) is 0 Å². The summed E-state index contributed by atoms with van der Waals surface area (Å²) in [5.41, 5.74) is 2.49. The number of nitrogens with zero attached hydrogens (tertiary/aromatic N) is 2. The predicted octanol–water partition coefficient (Wildman–Crippen LogP) is 2.64. The van der Waals surface area contributed by atoms with Gasteiger partial charge in [-0.05, 0) is 42.9 Å². The summed E-state index contributed by atoms with van der Waals surface area (Å²) in [6, 6.07) is 13.9. The minimum atomic E-state index is -0.185. The van der Waals surface area contributed by atoms with E-state index in [0.29, 0.717) is 28.4 Å². The first-order chi connectivity index (χ1) is 12.4. The molecule has 7 heteroatoms. The molecule has 0 unspecified atom stereocenters. The van der Waals surface area contributed by atoms with Gasteiger partial charge in [-0.2, -0.15) is 5.26 Å². The minimum absolute atomic E-state index is 0.134. The molecule has 2 aromatic rings. The lowest BCUT2D eigenvalue weighted by Gasteiger charge is -2.16. The number of likely N-dealkylation sites (N-methyl/N-ethyl adjacent to an activating group) is 1. The highest BCUT2D eigenvalue weighted by Gasteiger charge is 2.10. The van der Waals surface area contributed by atoms with E-state index in [2.05, 4.69) is 10.6 Å². The third kappa shape index (κ3) is 5.31. The largest absolute Gasteiger partial charge is 0.355 e. The number of benzene rings is 2. The Morgan fingerprint density at radius 1 is 1.19 bits per heavy atom. The number of carbonyl (C=O) groups excluding carboxylic acids is 2. The van der Waals surface area contributed by atoms with Crippen LogP contribution in [0.5, 0.6) is 0 Å². The van der Waals surface area contributed by atoms with Crippen molar-refractivity contribution in [3.05, 3.63) is 64.2 Å². The lowest BCUT2D eigenvalue weighted by molar-refractivity contribution is -0.117. The topological polar surface area (TPSA) is 85.2 Å². The Balaban J connectivity index is 1.90. The molecule has 0 radical (unpaired) electrons. The third-order valence-corrected chi connectivity index (χ3v) is 4.00. The molecule has 0 bridgehead atoms. The van der Waals surface area contributed by atoms with Crippen LogP contribution in [0.2, 0.25) is 5.02 Å². The maximum absolute atomic E-state index is 12.1. The van der Waals surface area contributed by atoms with E-state index in [1.807, 2.05) is 30.1 Å². The fraction of sp³-hybridized carbons (Fsp3) is 0.211. The number of nitriles is 1. The van der Waals surface area contributed by atoms with Gasteiger partial charge in [0.05, 0.1) is 17.1 Å². The van der Waals surface area contributed by atoms with E-state index in [-0.39, 0.29) is 18.4 Å². The Hall–Kier alpha value is -2.88. The zero-order valence-corrected chi connectivity index (χ0v) is 15.3. The number of amides is 2. The highest BCUT2D eigenvalue weighted by Crippen LogP contribution is 2.20. The molecule has 0 atom stereocenters. The third-order valence-electron chi connectivity index (χ3n) is 3.68. The molecule has 0 fully saturated rings. The van der Waals surface area contributed by atoms with E-state index in [1.54, 1.807) is 37.4 Å². The van der Waals surface area contributed by atoms with Crippen LogP contribution in [0.4, 0.5) is 5.69 Å². The second-order valence-electron chi connectivity index (χ2n) is 5.80. The highest BCUT2D eigenvalue weighted by atomic mass is 35.5. The highest BCUT2D eigenvalue weighted by molar-refractivity contribution is 6.32. The second-order valence-corrected chi connectivity index (χ2v) is 6.21. The molecule has 2 aromatic carbocycles. The monoisotopic (exact) mass is 370 g/mol. The summed E-state index contributed by atoms with van der Waals surface area (Å²) in [5.74, 6) is -0.319. The molecule has 6 nitrogen and oxygen atoms in total. The summed E-state index contributed by atoms with van der Waals surface area (Å²) in [6.45, 7) is 0.754. The Bertz CT molecular complexity index is 844. The molecule has 0 aliphatic carbocycles. The zero-order chi connectivity index (χ0) is 19.1. The normalized spacial score (nSPS) is 10.3. The smallest absolute Gasteiger partial charge is 0.251 e. The summed E-state index contributed by atoms with van der Waals surface area (Å²) in [4.78, 5) is 25.5. The van der Waals surface area contributed by atoms with Crippen LogP contribution in [-0.4, -0.2) is 37.4 Å². The first-order valence-corrected chi connectivity index (χ1v) is 8.29. The number of hydrogen-bond donors (Lipinski definition) is 2. The average molecular weight is 371 g/mol. The zero-order valence-electron chi connectivity index (χ0n) is 14.5. The number of rotatable bonds is 6. The summed E-state index contributed by atoms with van der Waals surface area (Å²) in [7, 11) is 3.42. The first-order valence-electron chi connectivity index (χ1n) is 7.92. The minimum Gasteiger partial charge on any atom is -0.355 e. The number of carbonyl (C=O) groups is 2. The van der Waals surface area contributed by atoms with E-state index in [9.17, 15) is 9.59 Å². The van der Waals surface area contributed by atoms with Crippen LogP contribution in [0.3, 0.4) is 0 Å². The van der Waals surface area contributed by atoms with Crippen LogP contribution in [0.15, 0.2) is 42.5 Å². The van der Waals surface area contributed by atoms with Gasteiger partial charge in [0.15, 0.2) is 0 Å². The molecule has 0 saturated heterocycles. The van der Waals surface area contributed by atoms with Gasteiger partial charge in [-0.1, -0.05) is 23.7 Å². The van der Waals surface area contributed by atoms with Crippen LogP contribution in [0, 0.1) is 11.3 Å². The molecule has 2 amide bonds. The molecule has 0 heterocycles. The Kier molecular flexibility index (Phi) is 6.73. The summed E-state index contributed by atoms with van der Waals surface area (Å²) >= 11 is 5.96. The van der Waals surface area contributed by atoms with E-state index < -0.39 is 0 Å². The van der Waals surface area contributed by atoms with Crippen molar-refractivity contribution in [2.45, 2.75) is 6.54 Å². The van der Waals surface area contributed by atoms with Crippen LogP contribution >= 0.6 is 11.6 Å². The van der Waals surface area contributed by atoms with Gasteiger partial charge in [0.25, 0.3) is 5.91 Å². The van der Waals surface area contributed by atoms with Crippen molar-refractivity contribution in [1.82, 2.24) is 10.2 Å². The van der Waals surface area contributed by atoms with Crippen molar-refractivity contribution in [2.75, 3.05) is 26.0 Å². The molecular formula is C19H19ClN4O2. The fourth-order valence-corrected chi connectivity index (χ4v) is 2.63. The van der Waals surface area contributed by atoms with Gasteiger partial charge in [-0.3, -0.25) is 14.5 Å². The molecule has 0 spiro atoms. The number of nitrogens with one attached hydrogen (secondary N) is 2. The molecule has 26 heavy (non-hydrogen) atoms. The Labute approximate surface area is 157 Å². The van der Waals surface area contributed by atoms with Crippen molar-refractivity contribution < 1.29 is 9.59 Å². The number of hydrogen-bond acceptors (Lipinski definition) is 4. The quantitative estimate of drug-likeness (QED) is 0.818. The molecule has 0 aromatic heterocycles. The van der Waals surface area contributed by atoms with Gasteiger partial charge >= 0.3 is 0 Å². The van der Waals surface area contributed by atoms with Crippen LogP contribution in [-0.2, 0) is 11.3 Å². The maximum Gasteiger partial charge on any atom is 0.251 e. The summed E-state index contributed by atoms with van der Waals surface area (Å²) in [6.07, 6.45) is 0. The lowest BCUT2D eigenvalue weighted by Crippen LogP contribution is -2.29. The number of anilines is 1. The van der Waals surface area contributed by atoms with Gasteiger partial charge in [-0.25, -0.2) is 0 Å². The van der Waals surface area contributed by atoms with Gasteiger partial charge in [0, 0.05) is 24.8 Å². The molecule has 2 N–H and O–H groups in total. The van der Waals surface area contributed by atoms with E-state index >= 15 is 0 Å². The molecule has 0 aliphatic rings. The Morgan fingerprint density at radius 2 is 1.88 bits per heavy atom. The van der Waals surface area contributed by atoms with Crippen LogP contribution in [0.1, 0.15) is 21.5 Å². The average Bonchev–Trinajstić information content (AvgIpc) is 2.61. The van der Waals surface area contributed by atoms with Crippen molar-refractivity contribution in [1.29, 1.82) is 5.26 Å². The molecule has 2 rings (SSSR count). The molecular weight excluding hydrogens is 352 g/mol. The van der Waals surface area contributed by atoms with Crippen LogP contribution < -0.4 is 10.6 Å². The van der Waals surface area contributed by atoms with Crippen molar-refractivity contribution >= 4 is 29.1 Å². The van der Waals surface area contributed by atoms with Gasteiger partial charge in [0.1, 0.15) is 6.07 Å². The molecule has 0 aliphatic heterocycles. The van der Waals surface area contributed by atoms with Gasteiger partial charge in [0.2, 0.25) is 5.91 Å². The summed E-state index contributed by atoms with van der Waals surface area (Å²) in [5, 5.41) is 14.5. The standard InChI is InChI=1S/C19H19ClN4O2/c1-22-19(26)14-5-3-13(4-6-14)11-24(2)12-18(25)23-16-8-7-15(10-21)17(20)9-16/h3-9H,11-12H2,1-2H3,(H,22,26)(H,23,25). The van der Waals surface area contributed by atoms with E-state index in [4.69, 9.17) is 16.9 Å². The van der Waals surface area contributed by atoms with Crippen LogP contribution in [0.25, 0.3) is 0 Å². The molecule has 134 valence electrons. The fourth-order valence-electron chi connectivity index (χ4n) is 2.40. The van der Waals surface area contributed by atoms with E-state index in [1.165, 1.54) is 0 Å². The summed E-state index contributed by atoms with van der Waals surface area (Å²) < 4.78 is 0. The first kappa shape index (κ1) is 19.4.